The van der Waals surface area contributed by atoms with Crippen molar-refractivity contribution in [2.24, 2.45) is 28.3 Å². The molecule has 0 aromatic heterocycles. The third-order valence-electron chi connectivity index (χ3n) is 6.25. The van der Waals surface area contributed by atoms with Gasteiger partial charge in [-0.1, -0.05) is 24.3 Å². The minimum Gasteiger partial charge on any atom is -0.545 e. The molecule has 0 atom stereocenters. The zero-order valence-corrected chi connectivity index (χ0v) is 14.2. The average molecular weight is 339 g/mol. The van der Waals surface area contributed by atoms with Gasteiger partial charge in [0.05, 0.1) is 12.2 Å². The molecule has 0 spiro atoms. The smallest absolute Gasteiger partial charge is 0.240 e. The van der Waals surface area contributed by atoms with Crippen LogP contribution in [0, 0.1) is 23.2 Å². The molecular formula is C20H23N2O3-. The van der Waals surface area contributed by atoms with Crippen LogP contribution in [0.4, 0.5) is 0 Å². The monoisotopic (exact) mass is 339 g/mol. The minimum atomic E-state index is -1.20. The molecule has 1 amide bonds. The number of benzene rings is 1. The van der Waals surface area contributed by atoms with Crippen LogP contribution in [-0.2, 0) is 4.79 Å². The van der Waals surface area contributed by atoms with Gasteiger partial charge in [0.25, 0.3) is 0 Å². The number of carboxylic acids is 1. The lowest BCUT2D eigenvalue weighted by Crippen LogP contribution is -2.47. The van der Waals surface area contributed by atoms with Crippen molar-refractivity contribution in [1.29, 1.82) is 0 Å². The third-order valence-corrected chi connectivity index (χ3v) is 6.25. The molecule has 132 valence electrons. The highest BCUT2D eigenvalue weighted by atomic mass is 16.4. The lowest BCUT2D eigenvalue weighted by Gasteiger charge is -2.56. The summed E-state index contributed by atoms with van der Waals surface area (Å²) in [5.41, 5.74) is 3.72. The van der Waals surface area contributed by atoms with Crippen molar-refractivity contribution in [3.8, 4) is 0 Å². The van der Waals surface area contributed by atoms with Gasteiger partial charge in [0.2, 0.25) is 5.91 Å². The first-order chi connectivity index (χ1) is 12.0. The van der Waals surface area contributed by atoms with E-state index >= 15 is 0 Å². The van der Waals surface area contributed by atoms with Crippen LogP contribution in [0.2, 0.25) is 0 Å². The van der Waals surface area contributed by atoms with E-state index in [4.69, 9.17) is 0 Å². The topological polar surface area (TPSA) is 81.6 Å². The number of aromatic carboxylic acids is 1. The van der Waals surface area contributed by atoms with Gasteiger partial charge < -0.3 is 9.90 Å². The predicted molar refractivity (Wildman–Crippen MR) is 91.7 cm³/mol. The highest BCUT2D eigenvalue weighted by molar-refractivity contribution is 5.88. The Hall–Kier alpha value is -2.17. The summed E-state index contributed by atoms with van der Waals surface area (Å²) in [7, 11) is 0. The lowest BCUT2D eigenvalue weighted by molar-refractivity contribution is -0.255. The van der Waals surface area contributed by atoms with Crippen LogP contribution in [0.15, 0.2) is 29.4 Å². The number of carbonyl (C=O) groups is 2. The average Bonchev–Trinajstić information content (AvgIpc) is 2.53. The third kappa shape index (κ3) is 3.46. The van der Waals surface area contributed by atoms with E-state index in [1.165, 1.54) is 56.9 Å². The van der Waals surface area contributed by atoms with Crippen LogP contribution < -0.4 is 10.5 Å². The number of hydrazone groups is 1. The number of carboxylic acid groups (broad SMARTS) is 1. The molecule has 1 aromatic carbocycles. The number of hydrogen-bond donors (Lipinski definition) is 1. The van der Waals surface area contributed by atoms with Gasteiger partial charge in [-0.05, 0) is 72.8 Å². The second-order valence-corrected chi connectivity index (χ2v) is 8.30. The molecule has 25 heavy (non-hydrogen) atoms. The molecule has 5 nitrogen and oxygen atoms in total. The Balaban J connectivity index is 1.33. The summed E-state index contributed by atoms with van der Waals surface area (Å²) in [6.07, 6.45) is 9.87. The standard InChI is InChI=1S/C20H24N2O3/c23-18(22-21-12-13-1-3-17(4-2-13)19(24)25)11-20-8-14-5-15(9-20)7-16(6-14)10-20/h1-4,12,14-16H,5-11H2,(H,22,23)(H,24,25)/p-1/b21-12-. The van der Waals surface area contributed by atoms with Crippen molar-refractivity contribution in [2.75, 3.05) is 0 Å². The molecule has 0 saturated heterocycles. The maximum Gasteiger partial charge on any atom is 0.240 e. The van der Waals surface area contributed by atoms with Crippen LogP contribution in [0.3, 0.4) is 0 Å². The molecule has 4 aliphatic carbocycles. The normalized spacial score (nSPS) is 32.9. The maximum atomic E-state index is 12.4. The Kier molecular flexibility index (Phi) is 4.10. The fourth-order valence-corrected chi connectivity index (χ4v) is 5.77. The van der Waals surface area contributed by atoms with Crippen LogP contribution in [-0.4, -0.2) is 18.1 Å². The van der Waals surface area contributed by atoms with E-state index in [1.54, 1.807) is 12.1 Å². The van der Waals surface area contributed by atoms with Crippen LogP contribution in [0.1, 0.15) is 60.9 Å². The van der Waals surface area contributed by atoms with Gasteiger partial charge in [0, 0.05) is 6.42 Å². The fourth-order valence-electron chi connectivity index (χ4n) is 5.77. The summed E-state index contributed by atoms with van der Waals surface area (Å²) in [5, 5.41) is 14.7. The largest absolute Gasteiger partial charge is 0.545 e. The van der Waals surface area contributed by atoms with Gasteiger partial charge in [-0.15, -0.1) is 0 Å². The van der Waals surface area contributed by atoms with E-state index < -0.39 is 5.97 Å². The van der Waals surface area contributed by atoms with Crippen LogP contribution >= 0.6 is 0 Å². The van der Waals surface area contributed by atoms with E-state index in [9.17, 15) is 14.7 Å². The summed E-state index contributed by atoms with van der Waals surface area (Å²) in [6, 6.07) is 6.21. The van der Waals surface area contributed by atoms with Gasteiger partial charge in [0.1, 0.15) is 0 Å². The van der Waals surface area contributed by atoms with Crippen LogP contribution in [0.5, 0.6) is 0 Å². The quantitative estimate of drug-likeness (QED) is 0.659. The summed E-state index contributed by atoms with van der Waals surface area (Å²) in [5.74, 6) is 1.30. The van der Waals surface area contributed by atoms with E-state index in [1.807, 2.05) is 0 Å². The van der Waals surface area contributed by atoms with E-state index in [2.05, 4.69) is 10.5 Å². The molecule has 0 unspecified atom stereocenters. The van der Waals surface area contributed by atoms with Gasteiger partial charge in [-0.3, -0.25) is 4.79 Å². The molecule has 4 bridgehead atoms. The predicted octanol–water partition coefficient (Wildman–Crippen LogP) is 2.11. The maximum absolute atomic E-state index is 12.4. The Morgan fingerprint density at radius 1 is 1.08 bits per heavy atom. The van der Waals surface area contributed by atoms with Gasteiger partial charge in [-0.25, -0.2) is 5.43 Å². The molecule has 4 aliphatic rings. The molecular weight excluding hydrogens is 316 g/mol. The number of nitrogens with zero attached hydrogens (tertiary/aromatic N) is 1. The number of rotatable bonds is 5. The molecule has 0 radical (unpaired) electrons. The lowest BCUT2D eigenvalue weighted by atomic mass is 9.49. The Labute approximate surface area is 147 Å². The second-order valence-electron chi connectivity index (χ2n) is 8.30. The molecule has 0 aliphatic heterocycles. The number of carbonyl (C=O) groups excluding carboxylic acids is 2. The van der Waals surface area contributed by atoms with Crippen molar-refractivity contribution < 1.29 is 14.7 Å². The molecule has 4 saturated carbocycles. The number of amides is 1. The SMILES string of the molecule is O=C(CC12CC3CC(CC(C3)C1)C2)N/N=C\c1ccc(C(=O)[O-])cc1. The minimum absolute atomic E-state index is 0.00967. The van der Waals surface area contributed by atoms with E-state index in [0.29, 0.717) is 6.42 Å². The van der Waals surface area contributed by atoms with Gasteiger partial charge in [-0.2, -0.15) is 5.10 Å². The van der Waals surface area contributed by atoms with Gasteiger partial charge >= 0.3 is 0 Å². The second kappa shape index (κ2) is 6.28. The van der Waals surface area contributed by atoms with Crippen molar-refractivity contribution in [3.63, 3.8) is 0 Å². The molecule has 4 fully saturated rings. The number of hydrogen-bond acceptors (Lipinski definition) is 4. The Bertz CT molecular complexity index is 673. The summed E-state index contributed by atoms with van der Waals surface area (Å²) >= 11 is 0. The highest BCUT2D eigenvalue weighted by Crippen LogP contribution is 2.61. The van der Waals surface area contributed by atoms with Crippen LogP contribution in [0.25, 0.3) is 0 Å². The molecule has 5 rings (SSSR count). The first-order valence-electron chi connectivity index (χ1n) is 9.15. The number of nitrogens with one attached hydrogen (secondary N) is 1. The molecule has 0 heterocycles. The van der Waals surface area contributed by atoms with E-state index in [0.717, 1.165) is 23.3 Å². The van der Waals surface area contributed by atoms with Crippen molar-refractivity contribution in [3.05, 3.63) is 35.4 Å². The first kappa shape index (κ1) is 16.3. The van der Waals surface area contributed by atoms with Crippen molar-refractivity contribution in [1.82, 2.24) is 5.43 Å². The zero-order chi connectivity index (χ0) is 17.4. The Morgan fingerprint density at radius 3 is 2.16 bits per heavy atom. The molecule has 5 heteroatoms. The highest BCUT2D eigenvalue weighted by Gasteiger charge is 2.51. The van der Waals surface area contributed by atoms with Crippen molar-refractivity contribution >= 4 is 18.1 Å². The Morgan fingerprint density at radius 2 is 1.64 bits per heavy atom. The zero-order valence-electron chi connectivity index (χ0n) is 14.2. The summed E-state index contributed by atoms with van der Waals surface area (Å²) in [4.78, 5) is 23.1. The summed E-state index contributed by atoms with van der Waals surface area (Å²) < 4.78 is 0. The fraction of sp³-hybridized carbons (Fsp3) is 0.550. The van der Waals surface area contributed by atoms with Crippen molar-refractivity contribution in [2.45, 2.75) is 44.9 Å². The molecule has 1 N–H and O–H groups in total. The van der Waals surface area contributed by atoms with Gasteiger partial charge in [0.15, 0.2) is 0 Å². The first-order valence-corrected chi connectivity index (χ1v) is 9.15. The van der Waals surface area contributed by atoms with E-state index in [-0.39, 0.29) is 16.9 Å². The summed E-state index contributed by atoms with van der Waals surface area (Å²) in [6.45, 7) is 0. The molecule has 1 aromatic rings.